The molecular formula is C10H13ClIN3. The second-order valence-electron chi connectivity index (χ2n) is 4.14. The maximum atomic E-state index is 6.10. The van der Waals surface area contributed by atoms with Gasteiger partial charge in [-0.25, -0.2) is 9.97 Å². The van der Waals surface area contributed by atoms with Crippen LogP contribution in [0.5, 0.6) is 0 Å². The number of aromatic nitrogens is 2. The maximum absolute atomic E-state index is 6.10. The summed E-state index contributed by atoms with van der Waals surface area (Å²) in [5.41, 5.74) is 1.15. The third kappa shape index (κ3) is 2.79. The summed E-state index contributed by atoms with van der Waals surface area (Å²) in [5.74, 6) is 1.45. The molecular weight excluding hydrogens is 324 g/mol. The summed E-state index contributed by atoms with van der Waals surface area (Å²) in [5, 5.41) is 0.601. The first kappa shape index (κ1) is 11.5. The molecule has 15 heavy (non-hydrogen) atoms. The van der Waals surface area contributed by atoms with E-state index in [1.54, 1.807) is 0 Å². The standard InChI is InChI=1S/C10H13ClIN3/c1-15(2)5-7-13-9(6-3-4-6)8(12)10(11)14-7/h6H,3-5H2,1-2H3. The van der Waals surface area contributed by atoms with E-state index in [-0.39, 0.29) is 0 Å². The minimum Gasteiger partial charge on any atom is -0.302 e. The molecule has 0 aromatic carbocycles. The summed E-state index contributed by atoms with van der Waals surface area (Å²) >= 11 is 8.34. The molecule has 0 aliphatic heterocycles. The molecule has 1 aromatic heterocycles. The Balaban J connectivity index is 2.32. The molecule has 1 aromatic rings. The van der Waals surface area contributed by atoms with Crippen molar-refractivity contribution in [1.82, 2.24) is 14.9 Å². The topological polar surface area (TPSA) is 29.0 Å². The Bertz CT molecular complexity index is 377. The van der Waals surface area contributed by atoms with Crippen LogP contribution in [0.15, 0.2) is 0 Å². The number of halogens is 2. The van der Waals surface area contributed by atoms with Crippen molar-refractivity contribution in [2.24, 2.45) is 0 Å². The molecule has 0 amide bonds. The predicted molar refractivity (Wildman–Crippen MR) is 69.1 cm³/mol. The van der Waals surface area contributed by atoms with Gasteiger partial charge in [0.05, 0.1) is 15.8 Å². The highest BCUT2D eigenvalue weighted by Crippen LogP contribution is 2.42. The van der Waals surface area contributed by atoms with E-state index in [1.165, 1.54) is 12.8 Å². The van der Waals surface area contributed by atoms with Crippen molar-refractivity contribution in [2.45, 2.75) is 25.3 Å². The minimum atomic E-state index is 0.601. The smallest absolute Gasteiger partial charge is 0.146 e. The highest BCUT2D eigenvalue weighted by atomic mass is 127. The minimum absolute atomic E-state index is 0.601. The zero-order valence-corrected chi connectivity index (χ0v) is 11.7. The van der Waals surface area contributed by atoms with Gasteiger partial charge in [-0.05, 0) is 49.5 Å². The van der Waals surface area contributed by atoms with Crippen LogP contribution in [-0.4, -0.2) is 29.0 Å². The number of hydrogen-bond acceptors (Lipinski definition) is 3. The second kappa shape index (κ2) is 4.51. The van der Waals surface area contributed by atoms with Crippen LogP contribution in [0.4, 0.5) is 0 Å². The van der Waals surface area contributed by atoms with Gasteiger partial charge in [0.25, 0.3) is 0 Å². The molecule has 0 saturated heterocycles. The zero-order valence-electron chi connectivity index (χ0n) is 8.80. The molecule has 3 nitrogen and oxygen atoms in total. The lowest BCUT2D eigenvalue weighted by Gasteiger charge is -2.11. The Morgan fingerprint density at radius 3 is 2.60 bits per heavy atom. The van der Waals surface area contributed by atoms with E-state index >= 15 is 0 Å². The molecule has 2 rings (SSSR count). The van der Waals surface area contributed by atoms with Crippen LogP contribution >= 0.6 is 34.2 Å². The van der Waals surface area contributed by atoms with Gasteiger partial charge in [-0.2, -0.15) is 0 Å². The van der Waals surface area contributed by atoms with Crippen LogP contribution in [-0.2, 0) is 6.54 Å². The van der Waals surface area contributed by atoms with Gasteiger partial charge < -0.3 is 4.90 Å². The Morgan fingerprint density at radius 2 is 2.07 bits per heavy atom. The van der Waals surface area contributed by atoms with Crippen molar-refractivity contribution >= 4 is 34.2 Å². The van der Waals surface area contributed by atoms with Crippen LogP contribution in [0.2, 0.25) is 5.15 Å². The first-order valence-electron chi connectivity index (χ1n) is 4.94. The molecule has 1 aliphatic rings. The van der Waals surface area contributed by atoms with E-state index in [1.807, 2.05) is 14.1 Å². The zero-order chi connectivity index (χ0) is 11.0. The molecule has 0 atom stereocenters. The largest absolute Gasteiger partial charge is 0.302 e. The molecule has 1 saturated carbocycles. The van der Waals surface area contributed by atoms with Gasteiger partial charge in [0, 0.05) is 5.92 Å². The first-order chi connectivity index (χ1) is 7.08. The van der Waals surface area contributed by atoms with Gasteiger partial charge in [-0.3, -0.25) is 0 Å². The van der Waals surface area contributed by atoms with Gasteiger partial charge in [-0.15, -0.1) is 0 Å². The van der Waals surface area contributed by atoms with Crippen molar-refractivity contribution in [3.05, 3.63) is 20.2 Å². The normalized spacial score (nSPS) is 16.1. The summed E-state index contributed by atoms with van der Waals surface area (Å²) in [7, 11) is 4.01. The lowest BCUT2D eigenvalue weighted by atomic mass is 10.3. The fourth-order valence-electron chi connectivity index (χ4n) is 1.46. The van der Waals surface area contributed by atoms with E-state index in [0.717, 1.165) is 21.6 Å². The Hall–Kier alpha value is 0.0600. The van der Waals surface area contributed by atoms with Gasteiger partial charge in [0.1, 0.15) is 11.0 Å². The number of rotatable bonds is 3. The van der Waals surface area contributed by atoms with E-state index in [4.69, 9.17) is 11.6 Å². The Labute approximate surface area is 108 Å². The molecule has 5 heteroatoms. The molecule has 0 unspecified atom stereocenters. The van der Waals surface area contributed by atoms with Gasteiger partial charge in [0.2, 0.25) is 0 Å². The molecule has 1 fully saturated rings. The van der Waals surface area contributed by atoms with Gasteiger partial charge >= 0.3 is 0 Å². The summed E-state index contributed by atoms with van der Waals surface area (Å²) in [6.45, 7) is 0.746. The van der Waals surface area contributed by atoms with Crippen molar-refractivity contribution in [3.8, 4) is 0 Å². The molecule has 0 N–H and O–H groups in total. The van der Waals surface area contributed by atoms with Crippen LogP contribution < -0.4 is 0 Å². The molecule has 1 aliphatic carbocycles. The molecule has 0 radical (unpaired) electrons. The lowest BCUT2D eigenvalue weighted by molar-refractivity contribution is 0.389. The van der Waals surface area contributed by atoms with E-state index in [9.17, 15) is 0 Å². The average molecular weight is 338 g/mol. The maximum Gasteiger partial charge on any atom is 0.146 e. The van der Waals surface area contributed by atoms with Gasteiger partial charge in [0.15, 0.2) is 0 Å². The van der Waals surface area contributed by atoms with Crippen LogP contribution in [0, 0.1) is 3.57 Å². The average Bonchev–Trinajstić information content (AvgIpc) is 2.93. The van der Waals surface area contributed by atoms with E-state index in [0.29, 0.717) is 11.1 Å². The van der Waals surface area contributed by atoms with E-state index < -0.39 is 0 Å². The highest BCUT2D eigenvalue weighted by Gasteiger charge is 2.29. The third-order valence-electron chi connectivity index (χ3n) is 2.30. The molecule has 0 bridgehead atoms. The van der Waals surface area contributed by atoms with Gasteiger partial charge in [-0.1, -0.05) is 11.6 Å². The summed E-state index contributed by atoms with van der Waals surface area (Å²) in [4.78, 5) is 10.9. The van der Waals surface area contributed by atoms with Crippen molar-refractivity contribution in [1.29, 1.82) is 0 Å². The van der Waals surface area contributed by atoms with E-state index in [2.05, 4.69) is 37.5 Å². The van der Waals surface area contributed by atoms with Crippen LogP contribution in [0.25, 0.3) is 0 Å². The first-order valence-corrected chi connectivity index (χ1v) is 6.40. The monoisotopic (exact) mass is 337 g/mol. The molecule has 0 spiro atoms. The number of nitrogens with zero attached hydrogens (tertiary/aromatic N) is 3. The molecule has 82 valence electrons. The highest BCUT2D eigenvalue weighted by molar-refractivity contribution is 14.1. The summed E-state index contributed by atoms with van der Waals surface area (Å²) < 4.78 is 1.03. The SMILES string of the molecule is CN(C)Cc1nc(Cl)c(I)c(C2CC2)n1. The van der Waals surface area contributed by atoms with Crippen LogP contribution in [0.1, 0.15) is 30.3 Å². The predicted octanol–water partition coefficient (Wildman–Crippen LogP) is 2.67. The third-order valence-corrected chi connectivity index (χ3v) is 3.96. The second-order valence-corrected chi connectivity index (χ2v) is 5.58. The fourth-order valence-corrected chi connectivity index (χ4v) is 2.34. The summed E-state index contributed by atoms with van der Waals surface area (Å²) in [6.07, 6.45) is 2.48. The Kier molecular flexibility index (Phi) is 3.47. The number of hydrogen-bond donors (Lipinski definition) is 0. The Morgan fingerprint density at radius 1 is 1.40 bits per heavy atom. The quantitative estimate of drug-likeness (QED) is 0.627. The van der Waals surface area contributed by atoms with Crippen molar-refractivity contribution in [3.63, 3.8) is 0 Å². The lowest BCUT2D eigenvalue weighted by Crippen LogP contribution is -2.15. The van der Waals surface area contributed by atoms with Crippen molar-refractivity contribution in [2.75, 3.05) is 14.1 Å². The fraction of sp³-hybridized carbons (Fsp3) is 0.600. The van der Waals surface area contributed by atoms with Crippen LogP contribution in [0.3, 0.4) is 0 Å². The summed E-state index contributed by atoms with van der Waals surface area (Å²) in [6, 6.07) is 0. The molecule has 1 heterocycles. The van der Waals surface area contributed by atoms with Crippen molar-refractivity contribution < 1.29 is 0 Å².